The Kier molecular flexibility index (Phi) is 5.38. The van der Waals surface area contributed by atoms with E-state index in [1.165, 1.54) is 6.42 Å². The standard InChI is InChI=1S/C21H30O4/c1-14(2)6-4-10-21(3)17-7-5-11-24-20(17)16-12-15(13-19(22)23)8-9-18(16)25-21/h8-9,12,14,17,20H,4-7,10-11,13H2,1-3H3,(H,22,23)/t17-,20+,21+/m1/s1. The van der Waals surface area contributed by atoms with E-state index in [9.17, 15) is 4.79 Å². The number of benzene rings is 1. The van der Waals surface area contributed by atoms with Crippen molar-refractivity contribution in [2.24, 2.45) is 11.8 Å². The molecule has 25 heavy (non-hydrogen) atoms. The normalized spacial score (nSPS) is 28.2. The summed E-state index contributed by atoms with van der Waals surface area (Å²) in [5.74, 6) is 1.10. The molecule has 0 unspecified atom stereocenters. The van der Waals surface area contributed by atoms with E-state index in [-0.39, 0.29) is 18.1 Å². The number of fused-ring (bicyclic) bond motifs is 3. The van der Waals surface area contributed by atoms with E-state index in [0.29, 0.717) is 11.8 Å². The molecule has 2 aliphatic heterocycles. The van der Waals surface area contributed by atoms with Crippen molar-refractivity contribution in [1.82, 2.24) is 0 Å². The van der Waals surface area contributed by atoms with Gasteiger partial charge in [-0.05, 0) is 56.2 Å². The van der Waals surface area contributed by atoms with Crippen molar-refractivity contribution in [3.63, 3.8) is 0 Å². The number of rotatable bonds is 6. The maximum Gasteiger partial charge on any atom is 0.307 e. The summed E-state index contributed by atoms with van der Waals surface area (Å²) < 4.78 is 12.7. The minimum Gasteiger partial charge on any atom is -0.487 e. The molecule has 1 aromatic rings. The van der Waals surface area contributed by atoms with Gasteiger partial charge in [-0.25, -0.2) is 0 Å². The van der Waals surface area contributed by atoms with Crippen molar-refractivity contribution in [3.05, 3.63) is 29.3 Å². The highest BCUT2D eigenvalue weighted by atomic mass is 16.5. The molecule has 2 heterocycles. The highest BCUT2D eigenvalue weighted by Crippen LogP contribution is 2.51. The Morgan fingerprint density at radius 2 is 2.20 bits per heavy atom. The first-order valence-corrected chi connectivity index (χ1v) is 9.54. The lowest BCUT2D eigenvalue weighted by atomic mass is 9.72. The van der Waals surface area contributed by atoms with E-state index in [2.05, 4.69) is 20.8 Å². The second kappa shape index (κ2) is 7.36. The van der Waals surface area contributed by atoms with Crippen molar-refractivity contribution in [2.75, 3.05) is 6.61 Å². The average Bonchev–Trinajstić information content (AvgIpc) is 2.55. The molecular formula is C21H30O4. The second-order valence-electron chi connectivity index (χ2n) is 8.18. The molecular weight excluding hydrogens is 316 g/mol. The van der Waals surface area contributed by atoms with Crippen LogP contribution in [0.4, 0.5) is 0 Å². The number of ether oxygens (including phenoxy) is 2. The predicted octanol–water partition coefficient (Wildman–Crippen LogP) is 4.76. The third-order valence-corrected chi connectivity index (χ3v) is 5.64. The molecule has 3 rings (SSSR count). The zero-order valence-electron chi connectivity index (χ0n) is 15.6. The van der Waals surface area contributed by atoms with Crippen molar-refractivity contribution < 1.29 is 19.4 Å². The lowest BCUT2D eigenvalue weighted by molar-refractivity contribution is -0.136. The first-order chi connectivity index (χ1) is 11.9. The number of carboxylic acids is 1. The molecule has 1 N–H and O–H groups in total. The van der Waals surface area contributed by atoms with Crippen LogP contribution in [0.25, 0.3) is 0 Å². The summed E-state index contributed by atoms with van der Waals surface area (Å²) >= 11 is 0. The zero-order valence-corrected chi connectivity index (χ0v) is 15.6. The fourth-order valence-electron chi connectivity index (χ4n) is 4.34. The number of hydrogen-bond acceptors (Lipinski definition) is 3. The molecule has 1 fully saturated rings. The minimum absolute atomic E-state index is 0.0234. The first kappa shape index (κ1) is 18.2. The summed E-state index contributed by atoms with van der Waals surface area (Å²) in [6.45, 7) is 7.52. The van der Waals surface area contributed by atoms with Gasteiger partial charge < -0.3 is 14.6 Å². The van der Waals surface area contributed by atoms with Gasteiger partial charge in [0, 0.05) is 18.1 Å². The topological polar surface area (TPSA) is 55.8 Å². The van der Waals surface area contributed by atoms with Crippen LogP contribution in [0, 0.1) is 11.8 Å². The van der Waals surface area contributed by atoms with Gasteiger partial charge in [-0.15, -0.1) is 0 Å². The second-order valence-corrected chi connectivity index (χ2v) is 8.18. The smallest absolute Gasteiger partial charge is 0.307 e. The van der Waals surface area contributed by atoms with E-state index in [0.717, 1.165) is 49.2 Å². The Bertz CT molecular complexity index is 624. The number of carbonyl (C=O) groups is 1. The Morgan fingerprint density at radius 1 is 1.40 bits per heavy atom. The molecule has 4 nitrogen and oxygen atoms in total. The van der Waals surface area contributed by atoms with E-state index in [1.807, 2.05) is 18.2 Å². The van der Waals surface area contributed by atoms with Gasteiger partial charge in [0.25, 0.3) is 0 Å². The van der Waals surface area contributed by atoms with Gasteiger partial charge >= 0.3 is 5.97 Å². The van der Waals surface area contributed by atoms with E-state index >= 15 is 0 Å². The van der Waals surface area contributed by atoms with Gasteiger partial charge in [-0.3, -0.25) is 4.79 Å². The number of aliphatic carboxylic acids is 1. The lowest BCUT2D eigenvalue weighted by Crippen LogP contribution is -2.49. The molecule has 0 saturated carbocycles. The minimum atomic E-state index is -0.809. The molecule has 1 aromatic carbocycles. The molecule has 3 atom stereocenters. The third-order valence-electron chi connectivity index (χ3n) is 5.64. The van der Waals surface area contributed by atoms with E-state index in [1.54, 1.807) is 0 Å². The van der Waals surface area contributed by atoms with Gasteiger partial charge in [0.1, 0.15) is 11.4 Å². The molecule has 0 radical (unpaired) electrons. The summed E-state index contributed by atoms with van der Waals surface area (Å²) in [6.07, 6.45) is 5.63. The maximum absolute atomic E-state index is 11.0. The van der Waals surface area contributed by atoms with Crippen molar-refractivity contribution >= 4 is 5.97 Å². The number of hydrogen-bond donors (Lipinski definition) is 1. The monoisotopic (exact) mass is 346 g/mol. The third kappa shape index (κ3) is 4.00. The van der Waals surface area contributed by atoms with Gasteiger partial charge in [0.15, 0.2) is 0 Å². The molecule has 0 spiro atoms. The molecule has 4 heteroatoms. The Hall–Kier alpha value is -1.55. The molecule has 0 amide bonds. The zero-order chi connectivity index (χ0) is 18.0. The first-order valence-electron chi connectivity index (χ1n) is 9.54. The van der Waals surface area contributed by atoms with Crippen LogP contribution in [0.3, 0.4) is 0 Å². The average molecular weight is 346 g/mol. The van der Waals surface area contributed by atoms with Crippen LogP contribution in [-0.2, 0) is 16.0 Å². The lowest BCUT2D eigenvalue weighted by Gasteiger charge is -2.49. The summed E-state index contributed by atoms with van der Waals surface area (Å²) in [5.41, 5.74) is 1.64. The molecule has 138 valence electrons. The fraction of sp³-hybridized carbons (Fsp3) is 0.667. The maximum atomic E-state index is 11.0. The summed E-state index contributed by atoms with van der Waals surface area (Å²) in [4.78, 5) is 11.0. The Balaban J connectivity index is 1.87. The van der Waals surface area contributed by atoms with Crippen molar-refractivity contribution in [1.29, 1.82) is 0 Å². The van der Waals surface area contributed by atoms with Crippen LogP contribution in [0.1, 0.15) is 70.1 Å². The number of carboxylic acid groups (broad SMARTS) is 1. The molecule has 0 aromatic heterocycles. The van der Waals surface area contributed by atoms with E-state index in [4.69, 9.17) is 14.6 Å². The van der Waals surface area contributed by atoms with E-state index < -0.39 is 5.97 Å². The van der Waals surface area contributed by atoms with Crippen molar-refractivity contribution in [2.45, 2.75) is 71.0 Å². The fourth-order valence-corrected chi connectivity index (χ4v) is 4.34. The molecule has 2 aliphatic rings. The summed E-state index contributed by atoms with van der Waals surface area (Å²) in [6, 6.07) is 5.77. The highest BCUT2D eigenvalue weighted by molar-refractivity contribution is 5.70. The van der Waals surface area contributed by atoms with Crippen LogP contribution in [0.2, 0.25) is 0 Å². The molecule has 0 bridgehead atoms. The molecule has 1 saturated heterocycles. The van der Waals surface area contributed by atoms with Crippen LogP contribution in [0.15, 0.2) is 18.2 Å². The Morgan fingerprint density at radius 3 is 2.92 bits per heavy atom. The van der Waals surface area contributed by atoms with Crippen LogP contribution < -0.4 is 4.74 Å². The Labute approximate surface area is 150 Å². The van der Waals surface area contributed by atoms with Crippen molar-refractivity contribution in [3.8, 4) is 5.75 Å². The molecule has 0 aliphatic carbocycles. The SMILES string of the molecule is CC(C)CCC[C@]1(C)Oc2ccc(CC(=O)O)cc2[C@@H]2OCCC[C@H]21. The predicted molar refractivity (Wildman–Crippen MR) is 96.9 cm³/mol. The van der Waals surface area contributed by atoms with Gasteiger partial charge in [-0.1, -0.05) is 26.3 Å². The van der Waals surface area contributed by atoms with Crippen LogP contribution in [-0.4, -0.2) is 23.3 Å². The van der Waals surface area contributed by atoms with Gasteiger partial charge in [-0.2, -0.15) is 0 Å². The highest BCUT2D eigenvalue weighted by Gasteiger charge is 2.48. The van der Waals surface area contributed by atoms with Gasteiger partial charge in [0.05, 0.1) is 12.5 Å². The summed E-state index contributed by atoms with van der Waals surface area (Å²) in [5, 5.41) is 9.07. The summed E-state index contributed by atoms with van der Waals surface area (Å²) in [7, 11) is 0. The largest absolute Gasteiger partial charge is 0.487 e. The van der Waals surface area contributed by atoms with Crippen LogP contribution >= 0.6 is 0 Å². The quantitative estimate of drug-likeness (QED) is 0.807. The van der Waals surface area contributed by atoms with Gasteiger partial charge in [0.2, 0.25) is 0 Å². The van der Waals surface area contributed by atoms with Crippen LogP contribution in [0.5, 0.6) is 5.75 Å².